The summed E-state index contributed by atoms with van der Waals surface area (Å²) in [5, 5.41) is 9.36. The Morgan fingerprint density at radius 3 is 2.83 bits per heavy atom. The molecule has 0 aliphatic carbocycles. The largest absolute Gasteiger partial charge is 0.508 e. The van der Waals surface area contributed by atoms with Crippen LogP contribution in [0.1, 0.15) is 12.8 Å². The zero-order valence-electron chi connectivity index (χ0n) is 10.5. The van der Waals surface area contributed by atoms with Crippen molar-refractivity contribution in [2.75, 3.05) is 26.4 Å². The number of hydrogen-bond donors (Lipinski definition) is 2. The Labute approximate surface area is 108 Å². The summed E-state index contributed by atoms with van der Waals surface area (Å²) < 4.78 is 11.1. The second kappa shape index (κ2) is 6.61. The molecular weight excluding hydrogens is 230 g/mol. The molecule has 1 aromatic rings. The average molecular weight is 251 g/mol. The topological polar surface area (TPSA) is 64.7 Å². The molecule has 0 bridgehead atoms. The predicted octanol–water partition coefficient (Wildman–Crippen LogP) is 1.77. The molecule has 18 heavy (non-hydrogen) atoms. The van der Waals surface area contributed by atoms with Gasteiger partial charge in [0.2, 0.25) is 0 Å². The lowest BCUT2D eigenvalue weighted by molar-refractivity contribution is 0.0381. The van der Waals surface area contributed by atoms with Crippen LogP contribution in [0.4, 0.5) is 0 Å². The Kier molecular flexibility index (Phi) is 4.84. The third-order valence-electron chi connectivity index (χ3n) is 3.52. The van der Waals surface area contributed by atoms with E-state index in [1.807, 2.05) is 6.07 Å². The molecule has 0 radical (unpaired) electrons. The number of hydrogen-bond acceptors (Lipinski definition) is 4. The molecule has 1 saturated heterocycles. The predicted molar refractivity (Wildman–Crippen MR) is 69.7 cm³/mol. The first-order chi connectivity index (χ1) is 8.79. The van der Waals surface area contributed by atoms with Crippen molar-refractivity contribution in [3.8, 4) is 11.5 Å². The molecule has 0 spiro atoms. The van der Waals surface area contributed by atoms with Gasteiger partial charge in [0, 0.05) is 25.2 Å². The lowest BCUT2D eigenvalue weighted by Gasteiger charge is -2.29. The fourth-order valence-corrected chi connectivity index (χ4v) is 2.36. The maximum absolute atomic E-state index is 9.36. The number of nitrogens with two attached hydrogens (primary N) is 1. The summed E-state index contributed by atoms with van der Waals surface area (Å²) in [5.41, 5.74) is 5.83. The van der Waals surface area contributed by atoms with Crippen LogP contribution < -0.4 is 10.5 Å². The molecule has 0 aromatic heterocycles. The molecule has 1 aromatic carbocycles. The van der Waals surface area contributed by atoms with Crippen LogP contribution in [-0.2, 0) is 4.74 Å². The molecule has 4 heteroatoms. The summed E-state index contributed by atoms with van der Waals surface area (Å²) in [6.07, 6.45) is 2.12. The van der Waals surface area contributed by atoms with Crippen molar-refractivity contribution in [2.45, 2.75) is 12.8 Å². The first-order valence-electron chi connectivity index (χ1n) is 6.49. The van der Waals surface area contributed by atoms with Gasteiger partial charge in [0.1, 0.15) is 11.5 Å². The number of aromatic hydroxyl groups is 1. The van der Waals surface area contributed by atoms with Crippen molar-refractivity contribution >= 4 is 0 Å². The molecular formula is C14H21NO3. The van der Waals surface area contributed by atoms with E-state index in [-0.39, 0.29) is 5.75 Å². The summed E-state index contributed by atoms with van der Waals surface area (Å²) in [6.45, 7) is 2.88. The van der Waals surface area contributed by atoms with Gasteiger partial charge in [0.05, 0.1) is 6.61 Å². The minimum atomic E-state index is 0.225. The van der Waals surface area contributed by atoms with E-state index in [2.05, 4.69) is 0 Å². The zero-order valence-corrected chi connectivity index (χ0v) is 10.5. The van der Waals surface area contributed by atoms with E-state index in [0.29, 0.717) is 30.7 Å². The van der Waals surface area contributed by atoms with Crippen LogP contribution in [0.5, 0.6) is 11.5 Å². The van der Waals surface area contributed by atoms with E-state index in [1.54, 1.807) is 18.2 Å². The number of phenols is 1. The molecule has 0 saturated carbocycles. The Morgan fingerprint density at radius 2 is 2.17 bits per heavy atom. The number of rotatable bonds is 5. The van der Waals surface area contributed by atoms with Gasteiger partial charge in [0.25, 0.3) is 0 Å². The van der Waals surface area contributed by atoms with Crippen LogP contribution in [0, 0.1) is 11.8 Å². The van der Waals surface area contributed by atoms with Gasteiger partial charge in [-0.2, -0.15) is 0 Å². The zero-order chi connectivity index (χ0) is 12.8. The second-order valence-corrected chi connectivity index (χ2v) is 4.75. The third kappa shape index (κ3) is 3.62. The van der Waals surface area contributed by atoms with Gasteiger partial charge in [-0.05, 0) is 37.4 Å². The molecule has 1 atom stereocenters. The van der Waals surface area contributed by atoms with Crippen molar-refractivity contribution in [2.24, 2.45) is 17.6 Å². The average Bonchev–Trinajstić information content (AvgIpc) is 2.41. The van der Waals surface area contributed by atoms with Crippen molar-refractivity contribution in [3.63, 3.8) is 0 Å². The first kappa shape index (κ1) is 13.2. The SMILES string of the molecule is NCC(COc1cccc(O)c1)C1CCOCC1. The molecule has 1 aliphatic rings. The summed E-state index contributed by atoms with van der Waals surface area (Å²) in [5.74, 6) is 1.86. The quantitative estimate of drug-likeness (QED) is 0.837. The minimum absolute atomic E-state index is 0.225. The van der Waals surface area contributed by atoms with Gasteiger partial charge in [0.15, 0.2) is 0 Å². The van der Waals surface area contributed by atoms with Gasteiger partial charge in [-0.1, -0.05) is 6.07 Å². The smallest absolute Gasteiger partial charge is 0.122 e. The summed E-state index contributed by atoms with van der Waals surface area (Å²) in [4.78, 5) is 0. The maximum atomic E-state index is 9.36. The molecule has 1 unspecified atom stereocenters. The highest BCUT2D eigenvalue weighted by atomic mass is 16.5. The third-order valence-corrected chi connectivity index (χ3v) is 3.52. The minimum Gasteiger partial charge on any atom is -0.508 e. The number of ether oxygens (including phenoxy) is 2. The van der Waals surface area contributed by atoms with Crippen LogP contribution in [0.3, 0.4) is 0 Å². The van der Waals surface area contributed by atoms with Gasteiger partial charge >= 0.3 is 0 Å². The summed E-state index contributed by atoms with van der Waals surface area (Å²) in [6, 6.07) is 6.87. The van der Waals surface area contributed by atoms with Crippen LogP contribution in [-0.4, -0.2) is 31.5 Å². The molecule has 100 valence electrons. The Bertz CT molecular complexity index is 364. The fourth-order valence-electron chi connectivity index (χ4n) is 2.36. The van der Waals surface area contributed by atoms with E-state index in [0.717, 1.165) is 26.1 Å². The van der Waals surface area contributed by atoms with Crippen LogP contribution in [0.25, 0.3) is 0 Å². The van der Waals surface area contributed by atoms with Crippen molar-refractivity contribution in [3.05, 3.63) is 24.3 Å². The van der Waals surface area contributed by atoms with Crippen molar-refractivity contribution < 1.29 is 14.6 Å². The highest BCUT2D eigenvalue weighted by molar-refractivity contribution is 5.31. The van der Waals surface area contributed by atoms with Gasteiger partial charge in [-0.25, -0.2) is 0 Å². The molecule has 1 fully saturated rings. The van der Waals surface area contributed by atoms with Crippen LogP contribution in [0.2, 0.25) is 0 Å². The Morgan fingerprint density at radius 1 is 1.39 bits per heavy atom. The Balaban J connectivity index is 1.86. The first-order valence-corrected chi connectivity index (χ1v) is 6.49. The molecule has 2 rings (SSSR count). The van der Waals surface area contributed by atoms with E-state index in [1.165, 1.54) is 0 Å². The normalized spacial score (nSPS) is 18.5. The maximum Gasteiger partial charge on any atom is 0.122 e. The van der Waals surface area contributed by atoms with E-state index in [9.17, 15) is 5.11 Å². The van der Waals surface area contributed by atoms with Crippen LogP contribution in [0.15, 0.2) is 24.3 Å². The van der Waals surface area contributed by atoms with Crippen molar-refractivity contribution in [1.29, 1.82) is 0 Å². The molecule has 1 heterocycles. The van der Waals surface area contributed by atoms with Gasteiger partial charge in [-0.3, -0.25) is 0 Å². The number of benzene rings is 1. The lowest BCUT2D eigenvalue weighted by Crippen LogP contribution is -2.32. The summed E-state index contributed by atoms with van der Waals surface area (Å²) >= 11 is 0. The molecule has 1 aliphatic heterocycles. The molecule has 0 amide bonds. The van der Waals surface area contributed by atoms with Crippen LogP contribution >= 0.6 is 0 Å². The standard InChI is InChI=1S/C14H21NO3/c15-9-12(11-4-6-17-7-5-11)10-18-14-3-1-2-13(16)8-14/h1-3,8,11-12,16H,4-7,9-10,15H2. The Hall–Kier alpha value is -1.26. The fraction of sp³-hybridized carbons (Fsp3) is 0.571. The molecule has 4 nitrogen and oxygen atoms in total. The highest BCUT2D eigenvalue weighted by Gasteiger charge is 2.23. The van der Waals surface area contributed by atoms with Gasteiger partial charge in [-0.15, -0.1) is 0 Å². The van der Waals surface area contributed by atoms with E-state index >= 15 is 0 Å². The summed E-state index contributed by atoms with van der Waals surface area (Å²) in [7, 11) is 0. The monoisotopic (exact) mass is 251 g/mol. The van der Waals surface area contributed by atoms with Crippen molar-refractivity contribution in [1.82, 2.24) is 0 Å². The molecule has 3 N–H and O–H groups in total. The van der Waals surface area contributed by atoms with E-state index < -0.39 is 0 Å². The number of phenolic OH excluding ortho intramolecular Hbond substituents is 1. The second-order valence-electron chi connectivity index (χ2n) is 4.75. The van der Waals surface area contributed by atoms with E-state index in [4.69, 9.17) is 15.2 Å². The highest BCUT2D eigenvalue weighted by Crippen LogP contribution is 2.25. The lowest BCUT2D eigenvalue weighted by atomic mass is 9.86. The van der Waals surface area contributed by atoms with Gasteiger partial charge < -0.3 is 20.3 Å².